The van der Waals surface area contributed by atoms with E-state index < -0.39 is 26.1 Å². The molecule has 2 fully saturated rings. The number of ether oxygens (including phenoxy) is 1. The molecule has 0 radical (unpaired) electrons. The molecule has 2 amide bonds. The minimum atomic E-state index is -2.84. The summed E-state index contributed by atoms with van der Waals surface area (Å²) in [6.07, 6.45) is 3.42. The Morgan fingerprint density at radius 2 is 1.79 bits per heavy atom. The van der Waals surface area contributed by atoms with Crippen molar-refractivity contribution >= 4 is 31.5 Å². The zero-order valence-corrected chi connectivity index (χ0v) is 28.7. The van der Waals surface area contributed by atoms with E-state index in [0.29, 0.717) is 38.2 Å². The second-order valence-corrected chi connectivity index (χ2v) is 17.9. The number of carbonyl (C=O) groups excluding carboxylic acids is 2. The number of aliphatic hydroxyl groups excluding tert-OH is 1. The third kappa shape index (κ3) is 5.68. The summed E-state index contributed by atoms with van der Waals surface area (Å²) in [6.45, 7) is 7.37. The quantitative estimate of drug-likeness (QED) is 0.233. The topological polar surface area (TPSA) is 121 Å². The van der Waals surface area contributed by atoms with Gasteiger partial charge in [0, 0.05) is 42.2 Å². The van der Waals surface area contributed by atoms with Crippen molar-refractivity contribution in [2.45, 2.75) is 82.1 Å². The number of para-hydroxylation sites is 1. The normalized spacial score (nSPS) is 24.8. The molecule has 11 heteroatoms. The van der Waals surface area contributed by atoms with Gasteiger partial charge in [0.05, 0.1) is 24.5 Å². The highest BCUT2D eigenvalue weighted by Gasteiger charge is 2.66. The maximum Gasteiger partial charge on any atom is 0.264 e. The van der Waals surface area contributed by atoms with Gasteiger partial charge in [0.15, 0.2) is 13.9 Å². The first-order chi connectivity index (χ1) is 23.1. The number of fused-ring (bicyclic) bond motifs is 2. The summed E-state index contributed by atoms with van der Waals surface area (Å²) < 4.78 is 8.66. The van der Waals surface area contributed by atoms with Crippen LogP contribution in [0.1, 0.15) is 61.1 Å². The SMILES string of the molecule is C[C@@H]1[C@@H]([Si](C)(C)O)[C@H](CCn2cc([C@H](O)c3ccccc3)nn2)O[C@@]12C(=O)N(Cc1cccc(N3CCCCC3=O)c1)c1ccccc12. The van der Waals surface area contributed by atoms with Crippen molar-refractivity contribution in [1.82, 2.24) is 15.0 Å². The fourth-order valence-corrected chi connectivity index (χ4v) is 10.8. The number of aromatic nitrogens is 3. The lowest BCUT2D eigenvalue weighted by molar-refractivity contribution is -0.146. The first-order valence-electron chi connectivity index (χ1n) is 16.9. The molecule has 48 heavy (non-hydrogen) atoms. The molecule has 3 aromatic carbocycles. The summed E-state index contributed by atoms with van der Waals surface area (Å²) in [7, 11) is -2.84. The minimum Gasteiger partial charge on any atom is -0.432 e. The lowest BCUT2D eigenvalue weighted by Crippen LogP contribution is -2.46. The maximum atomic E-state index is 14.8. The second-order valence-electron chi connectivity index (χ2n) is 13.9. The van der Waals surface area contributed by atoms with Gasteiger partial charge < -0.3 is 24.4 Å². The number of aliphatic hydroxyl groups is 1. The summed E-state index contributed by atoms with van der Waals surface area (Å²) in [5, 5.41) is 19.3. The first-order valence-corrected chi connectivity index (χ1v) is 19.9. The molecular formula is C37H43N5O5Si. The Hall–Kier alpha value is -4.16. The molecular weight excluding hydrogens is 623 g/mol. The molecule has 10 nitrogen and oxygen atoms in total. The van der Waals surface area contributed by atoms with Crippen molar-refractivity contribution in [1.29, 1.82) is 0 Å². The standard InChI is InChI=1S/C37H43N5O5Si/c1-25-35(48(2,3)46)32(19-21-40-24-30(38-39-40)34(44)27-13-5-4-6-14-27)47-37(25)29-16-7-8-17-31(29)42(36(37)45)23-26-12-11-15-28(22-26)41-20-10-9-18-33(41)43/h4-8,11-17,22,24-25,32,34-35,44,46H,9-10,18-21,23H2,1-3H3/t25-,32+,34-,35-,37+/m1/s1. The number of benzene rings is 3. The summed E-state index contributed by atoms with van der Waals surface area (Å²) in [6, 6.07) is 25.1. The van der Waals surface area contributed by atoms with Gasteiger partial charge in [0.1, 0.15) is 11.8 Å². The summed E-state index contributed by atoms with van der Waals surface area (Å²) in [5.41, 5.74) is 3.15. The van der Waals surface area contributed by atoms with E-state index in [9.17, 15) is 19.5 Å². The van der Waals surface area contributed by atoms with Crippen LogP contribution < -0.4 is 9.80 Å². The van der Waals surface area contributed by atoms with Crippen LogP contribution in [0.2, 0.25) is 18.6 Å². The molecule has 0 saturated carbocycles. The average molecular weight is 666 g/mol. The number of hydrogen-bond acceptors (Lipinski definition) is 7. The average Bonchev–Trinajstić information content (AvgIpc) is 3.75. The molecule has 0 aliphatic carbocycles. The molecule has 0 bridgehead atoms. The molecule has 250 valence electrons. The fourth-order valence-electron chi connectivity index (χ4n) is 8.16. The van der Waals surface area contributed by atoms with Crippen LogP contribution >= 0.6 is 0 Å². The third-order valence-corrected chi connectivity index (χ3v) is 12.9. The molecule has 4 heterocycles. The molecule has 0 unspecified atom stereocenters. The van der Waals surface area contributed by atoms with Gasteiger partial charge in [-0.15, -0.1) is 5.10 Å². The number of aryl methyl sites for hydroxylation is 1. The molecule has 5 atom stereocenters. The van der Waals surface area contributed by atoms with Crippen LogP contribution in [0.3, 0.4) is 0 Å². The molecule has 3 aliphatic heterocycles. The lowest BCUT2D eigenvalue weighted by Gasteiger charge is -2.32. The monoisotopic (exact) mass is 665 g/mol. The van der Waals surface area contributed by atoms with Gasteiger partial charge >= 0.3 is 0 Å². The molecule has 1 spiro atoms. The van der Waals surface area contributed by atoms with Crippen LogP contribution in [0.4, 0.5) is 11.4 Å². The number of rotatable bonds is 9. The summed E-state index contributed by atoms with van der Waals surface area (Å²) >= 11 is 0. The molecule has 2 N–H and O–H groups in total. The predicted molar refractivity (Wildman–Crippen MR) is 185 cm³/mol. The highest BCUT2D eigenvalue weighted by atomic mass is 28.4. The number of carbonyl (C=O) groups is 2. The zero-order valence-electron chi connectivity index (χ0n) is 27.7. The minimum absolute atomic E-state index is 0.129. The van der Waals surface area contributed by atoms with Gasteiger partial charge in [-0.1, -0.05) is 72.8 Å². The molecule has 2 saturated heterocycles. The number of amides is 2. The van der Waals surface area contributed by atoms with Gasteiger partial charge in [-0.25, -0.2) is 0 Å². The Bertz CT molecular complexity index is 1810. The van der Waals surface area contributed by atoms with Crippen LogP contribution in [0, 0.1) is 5.92 Å². The number of piperidine rings is 1. The van der Waals surface area contributed by atoms with Crippen molar-refractivity contribution in [2.75, 3.05) is 16.3 Å². The Kier molecular flexibility index (Phi) is 8.57. The van der Waals surface area contributed by atoms with Crippen molar-refractivity contribution in [3.8, 4) is 0 Å². The van der Waals surface area contributed by atoms with E-state index in [1.54, 1.807) is 10.9 Å². The zero-order chi connectivity index (χ0) is 33.6. The Balaban J connectivity index is 1.15. The summed E-state index contributed by atoms with van der Waals surface area (Å²) in [4.78, 5) is 42.7. The molecule has 7 rings (SSSR count). The second kappa shape index (κ2) is 12.7. The van der Waals surface area contributed by atoms with E-state index in [1.165, 1.54) is 0 Å². The van der Waals surface area contributed by atoms with Crippen LogP contribution in [-0.4, -0.2) is 57.7 Å². The Morgan fingerprint density at radius 3 is 2.56 bits per heavy atom. The van der Waals surface area contributed by atoms with Crippen molar-refractivity contribution in [3.05, 3.63) is 107 Å². The largest absolute Gasteiger partial charge is 0.432 e. The fraction of sp³-hybridized carbons (Fsp3) is 0.405. The van der Waals surface area contributed by atoms with Crippen LogP contribution in [0.25, 0.3) is 0 Å². The third-order valence-electron chi connectivity index (χ3n) is 10.4. The van der Waals surface area contributed by atoms with E-state index in [2.05, 4.69) is 10.3 Å². The Morgan fingerprint density at radius 1 is 1.02 bits per heavy atom. The van der Waals surface area contributed by atoms with E-state index in [-0.39, 0.29) is 23.3 Å². The van der Waals surface area contributed by atoms with Gasteiger partial charge in [-0.2, -0.15) is 0 Å². The van der Waals surface area contributed by atoms with E-state index in [4.69, 9.17) is 4.74 Å². The number of nitrogens with zero attached hydrogens (tertiary/aromatic N) is 5. The predicted octanol–water partition coefficient (Wildman–Crippen LogP) is 5.31. The molecule has 4 aromatic rings. The van der Waals surface area contributed by atoms with Crippen molar-refractivity contribution in [2.24, 2.45) is 5.92 Å². The van der Waals surface area contributed by atoms with Crippen molar-refractivity contribution in [3.63, 3.8) is 0 Å². The highest BCUT2D eigenvalue weighted by Crippen LogP contribution is 2.59. The highest BCUT2D eigenvalue weighted by molar-refractivity contribution is 6.71. The van der Waals surface area contributed by atoms with Crippen LogP contribution in [-0.2, 0) is 33.0 Å². The van der Waals surface area contributed by atoms with Gasteiger partial charge in [-0.3, -0.25) is 14.3 Å². The van der Waals surface area contributed by atoms with Crippen molar-refractivity contribution < 1.29 is 24.2 Å². The molecule has 3 aliphatic rings. The van der Waals surface area contributed by atoms with Crippen LogP contribution in [0.15, 0.2) is 85.1 Å². The lowest BCUT2D eigenvalue weighted by atomic mass is 9.82. The maximum absolute atomic E-state index is 14.8. The van der Waals surface area contributed by atoms with Gasteiger partial charge in [0.2, 0.25) is 5.91 Å². The van der Waals surface area contributed by atoms with Gasteiger partial charge in [-0.05, 0) is 61.7 Å². The first kappa shape index (κ1) is 32.4. The Labute approximate surface area is 282 Å². The smallest absolute Gasteiger partial charge is 0.264 e. The van der Waals surface area contributed by atoms with E-state index >= 15 is 0 Å². The van der Waals surface area contributed by atoms with E-state index in [0.717, 1.165) is 40.9 Å². The number of hydrogen-bond donors (Lipinski definition) is 2. The van der Waals surface area contributed by atoms with Crippen LogP contribution in [0.5, 0.6) is 0 Å². The van der Waals surface area contributed by atoms with Gasteiger partial charge in [0.25, 0.3) is 5.91 Å². The molecule has 1 aromatic heterocycles. The summed E-state index contributed by atoms with van der Waals surface area (Å²) in [5.74, 6) is -0.276. The number of anilines is 2. The van der Waals surface area contributed by atoms with E-state index in [1.807, 2.05) is 109 Å².